The van der Waals surface area contributed by atoms with Gasteiger partial charge in [0.1, 0.15) is 5.03 Å². The van der Waals surface area contributed by atoms with Crippen LogP contribution in [0.1, 0.15) is 27.0 Å². The van der Waals surface area contributed by atoms with Crippen molar-refractivity contribution in [2.75, 3.05) is 5.32 Å². The molecule has 0 aliphatic carbocycles. The van der Waals surface area contributed by atoms with Crippen molar-refractivity contribution in [3.05, 3.63) is 111 Å². The van der Waals surface area contributed by atoms with Crippen LogP contribution in [0.4, 0.5) is 5.69 Å². The van der Waals surface area contributed by atoms with Crippen molar-refractivity contribution in [3.8, 4) is 5.69 Å². The average molecular weight is 442 g/mol. The number of anilines is 1. The maximum atomic E-state index is 12.6. The maximum Gasteiger partial charge on any atom is 0.271 e. The van der Waals surface area contributed by atoms with Crippen molar-refractivity contribution in [2.45, 2.75) is 30.7 Å². The van der Waals surface area contributed by atoms with Gasteiger partial charge in [-0.05, 0) is 86.5 Å². The Balaban J connectivity index is 1.53. The highest BCUT2D eigenvalue weighted by atomic mass is 32.2. The van der Waals surface area contributed by atoms with Gasteiger partial charge in [-0.1, -0.05) is 35.5 Å². The Labute approximate surface area is 191 Å². The average Bonchev–Trinajstić information content (AvgIpc) is 2.76. The van der Waals surface area contributed by atoms with Crippen LogP contribution in [0.15, 0.2) is 93.6 Å². The molecule has 5 nitrogen and oxygen atoms in total. The fourth-order valence-electron chi connectivity index (χ4n) is 3.36. The minimum absolute atomic E-state index is 0.203. The van der Waals surface area contributed by atoms with E-state index in [1.54, 1.807) is 30.3 Å². The quantitative estimate of drug-likeness (QED) is 0.440. The zero-order chi connectivity index (χ0) is 22.7. The van der Waals surface area contributed by atoms with E-state index in [9.17, 15) is 9.59 Å². The highest BCUT2D eigenvalue weighted by Crippen LogP contribution is 2.25. The fourth-order valence-corrected chi connectivity index (χ4v) is 4.14. The van der Waals surface area contributed by atoms with Crippen molar-refractivity contribution in [3.63, 3.8) is 0 Å². The van der Waals surface area contributed by atoms with Crippen LogP contribution in [0.3, 0.4) is 0 Å². The predicted octanol–water partition coefficient (Wildman–Crippen LogP) is 5.56. The minimum atomic E-state index is -0.231. The third kappa shape index (κ3) is 5.15. The van der Waals surface area contributed by atoms with Crippen LogP contribution in [-0.4, -0.2) is 15.7 Å². The molecule has 0 bridgehead atoms. The summed E-state index contributed by atoms with van der Waals surface area (Å²) in [5, 5.41) is 8.13. The molecule has 0 saturated carbocycles. The minimum Gasteiger partial charge on any atom is -0.322 e. The maximum absolute atomic E-state index is 12.6. The second-order valence-corrected chi connectivity index (χ2v) is 8.81. The van der Waals surface area contributed by atoms with Gasteiger partial charge >= 0.3 is 0 Å². The number of aryl methyl sites for hydroxylation is 3. The molecule has 0 fully saturated rings. The van der Waals surface area contributed by atoms with E-state index < -0.39 is 0 Å². The molecule has 1 aromatic heterocycles. The molecule has 0 saturated heterocycles. The summed E-state index contributed by atoms with van der Waals surface area (Å²) in [6.07, 6.45) is 0. The van der Waals surface area contributed by atoms with E-state index in [-0.39, 0.29) is 11.5 Å². The number of rotatable bonds is 5. The summed E-state index contributed by atoms with van der Waals surface area (Å²) in [4.78, 5) is 26.1. The highest BCUT2D eigenvalue weighted by Gasteiger charge is 2.09. The van der Waals surface area contributed by atoms with Crippen molar-refractivity contribution < 1.29 is 4.79 Å². The number of carbonyl (C=O) groups is 1. The number of hydrogen-bond acceptors (Lipinski definition) is 4. The second kappa shape index (κ2) is 9.24. The van der Waals surface area contributed by atoms with Gasteiger partial charge in [-0.3, -0.25) is 9.59 Å². The molecule has 4 aromatic rings. The highest BCUT2D eigenvalue weighted by molar-refractivity contribution is 7.99. The van der Waals surface area contributed by atoms with E-state index in [2.05, 4.69) is 16.5 Å². The number of aromatic nitrogens is 2. The first-order valence-electron chi connectivity index (χ1n) is 10.2. The standard InChI is InChI=1S/C26H23N3O2S/c1-17-4-10-23(11-5-17)32-24-12-13-25(30)29(28-24)22-8-6-20(7-9-22)26(31)27-21-15-18(2)14-19(3)16-21/h4-16H,1-3H3,(H,27,31). The Hall–Kier alpha value is -3.64. The molecule has 0 aliphatic rings. The molecule has 3 aromatic carbocycles. The topological polar surface area (TPSA) is 64.0 Å². The van der Waals surface area contributed by atoms with E-state index in [0.29, 0.717) is 16.3 Å². The molecule has 32 heavy (non-hydrogen) atoms. The van der Waals surface area contributed by atoms with Gasteiger partial charge in [-0.2, -0.15) is 9.78 Å². The first kappa shape index (κ1) is 21.6. The fraction of sp³-hybridized carbons (Fsp3) is 0.115. The van der Waals surface area contributed by atoms with Gasteiger partial charge in [0, 0.05) is 22.2 Å². The summed E-state index contributed by atoms with van der Waals surface area (Å²) in [7, 11) is 0. The number of nitrogens with one attached hydrogen (secondary N) is 1. The third-order valence-corrected chi connectivity index (χ3v) is 5.81. The molecule has 0 aliphatic heterocycles. The first-order chi connectivity index (χ1) is 15.4. The molecule has 0 radical (unpaired) electrons. The summed E-state index contributed by atoms with van der Waals surface area (Å²) >= 11 is 1.49. The SMILES string of the molecule is Cc1ccc(Sc2ccc(=O)n(-c3ccc(C(=O)Nc4cc(C)cc(C)c4)cc3)n2)cc1. The van der Waals surface area contributed by atoms with Gasteiger partial charge in [-0.25, -0.2) is 0 Å². The van der Waals surface area contributed by atoms with Crippen molar-refractivity contribution in [1.29, 1.82) is 0 Å². The lowest BCUT2D eigenvalue weighted by Gasteiger charge is -2.10. The van der Waals surface area contributed by atoms with Crippen LogP contribution in [-0.2, 0) is 0 Å². The Bertz CT molecular complexity index is 1310. The largest absolute Gasteiger partial charge is 0.322 e. The number of nitrogens with zero attached hydrogens (tertiary/aromatic N) is 2. The van der Waals surface area contributed by atoms with Crippen molar-refractivity contribution in [2.24, 2.45) is 0 Å². The molecule has 1 N–H and O–H groups in total. The van der Waals surface area contributed by atoms with Crippen molar-refractivity contribution in [1.82, 2.24) is 9.78 Å². The zero-order valence-electron chi connectivity index (χ0n) is 18.1. The molecule has 1 amide bonds. The van der Waals surface area contributed by atoms with Crippen LogP contribution in [0.5, 0.6) is 0 Å². The monoisotopic (exact) mass is 441 g/mol. The van der Waals surface area contributed by atoms with E-state index in [4.69, 9.17) is 0 Å². The summed E-state index contributed by atoms with van der Waals surface area (Å²) in [5.74, 6) is -0.203. The van der Waals surface area contributed by atoms with Gasteiger partial charge in [0.2, 0.25) is 0 Å². The smallest absolute Gasteiger partial charge is 0.271 e. The van der Waals surface area contributed by atoms with E-state index in [0.717, 1.165) is 21.7 Å². The summed E-state index contributed by atoms with van der Waals surface area (Å²) in [6.45, 7) is 6.03. The third-order valence-electron chi connectivity index (χ3n) is 4.87. The van der Waals surface area contributed by atoms with Gasteiger partial charge < -0.3 is 5.32 Å². The number of carbonyl (C=O) groups excluding carboxylic acids is 1. The Kier molecular flexibility index (Phi) is 6.23. The van der Waals surface area contributed by atoms with Gasteiger partial charge in [0.25, 0.3) is 11.5 Å². The van der Waals surface area contributed by atoms with E-state index >= 15 is 0 Å². The van der Waals surface area contributed by atoms with E-state index in [1.807, 2.05) is 57.2 Å². The van der Waals surface area contributed by atoms with Gasteiger partial charge in [0.05, 0.1) is 5.69 Å². The molecule has 6 heteroatoms. The number of hydrogen-bond donors (Lipinski definition) is 1. The van der Waals surface area contributed by atoms with Gasteiger partial charge in [-0.15, -0.1) is 0 Å². The van der Waals surface area contributed by atoms with Crippen LogP contribution in [0.2, 0.25) is 0 Å². The lowest BCUT2D eigenvalue weighted by atomic mass is 10.1. The Morgan fingerprint density at radius 2 is 1.47 bits per heavy atom. The molecular weight excluding hydrogens is 418 g/mol. The normalized spacial score (nSPS) is 10.7. The molecule has 0 spiro atoms. The van der Waals surface area contributed by atoms with Crippen molar-refractivity contribution >= 4 is 23.4 Å². The van der Waals surface area contributed by atoms with Gasteiger partial charge in [0.15, 0.2) is 0 Å². The summed E-state index contributed by atoms with van der Waals surface area (Å²) in [6, 6.07) is 24.1. The van der Waals surface area contributed by atoms with E-state index in [1.165, 1.54) is 28.1 Å². The van der Waals surface area contributed by atoms with Crippen LogP contribution >= 0.6 is 11.8 Å². The molecule has 1 heterocycles. The second-order valence-electron chi connectivity index (χ2n) is 7.71. The number of amides is 1. The summed E-state index contributed by atoms with van der Waals surface area (Å²) < 4.78 is 1.35. The molecule has 0 unspecified atom stereocenters. The molecule has 4 rings (SSSR count). The number of benzene rings is 3. The van der Waals surface area contributed by atoms with Crippen LogP contribution < -0.4 is 10.9 Å². The summed E-state index contributed by atoms with van der Waals surface area (Å²) in [5.41, 5.74) is 5.00. The Morgan fingerprint density at radius 1 is 0.812 bits per heavy atom. The zero-order valence-corrected chi connectivity index (χ0v) is 18.9. The Morgan fingerprint density at radius 3 is 2.12 bits per heavy atom. The van der Waals surface area contributed by atoms with Crippen LogP contribution in [0.25, 0.3) is 5.69 Å². The lowest BCUT2D eigenvalue weighted by Crippen LogP contribution is -2.20. The lowest BCUT2D eigenvalue weighted by molar-refractivity contribution is 0.102. The molecule has 160 valence electrons. The molecular formula is C26H23N3O2S. The predicted molar refractivity (Wildman–Crippen MR) is 129 cm³/mol. The van der Waals surface area contributed by atoms with Crippen LogP contribution in [0, 0.1) is 20.8 Å². The first-order valence-corrected chi connectivity index (χ1v) is 11.0. The molecule has 0 atom stereocenters.